The van der Waals surface area contributed by atoms with Gasteiger partial charge in [-0.2, -0.15) is 0 Å². The fraction of sp³-hybridized carbons (Fsp3) is 0.538. The summed E-state index contributed by atoms with van der Waals surface area (Å²) in [6.45, 7) is 0. The average Bonchev–Trinajstić information content (AvgIpc) is 2.39. The van der Waals surface area contributed by atoms with Crippen LogP contribution in [0.3, 0.4) is 0 Å². The summed E-state index contributed by atoms with van der Waals surface area (Å²) in [4.78, 5) is 0.311. The van der Waals surface area contributed by atoms with Crippen LogP contribution in [-0.4, -0.2) is 27.5 Å². The maximum Gasteiger partial charge on any atom is 0.241 e. The van der Waals surface area contributed by atoms with Gasteiger partial charge in [0, 0.05) is 16.6 Å². The molecular weight excluding hydrogens is 328 g/mol. The van der Waals surface area contributed by atoms with E-state index in [2.05, 4.69) is 26.0 Å². The van der Waals surface area contributed by atoms with Gasteiger partial charge in [-0.05, 0) is 60.8 Å². The first kappa shape index (κ1) is 15.0. The first-order chi connectivity index (χ1) is 9.03. The topological polar surface area (TPSA) is 58.2 Å². The molecule has 0 atom stereocenters. The highest BCUT2D eigenvalue weighted by atomic mass is 79.9. The molecule has 2 rings (SSSR count). The first-order valence-electron chi connectivity index (χ1n) is 6.47. The molecule has 1 fully saturated rings. The third kappa shape index (κ3) is 3.78. The van der Waals surface area contributed by atoms with Gasteiger partial charge in [0.15, 0.2) is 0 Å². The highest BCUT2D eigenvalue weighted by molar-refractivity contribution is 9.10. The second kappa shape index (κ2) is 6.35. The van der Waals surface area contributed by atoms with Gasteiger partial charge in [0.05, 0.1) is 4.90 Å². The predicted octanol–water partition coefficient (Wildman–Crippen LogP) is 2.26. The van der Waals surface area contributed by atoms with Crippen molar-refractivity contribution in [3.8, 4) is 0 Å². The molecule has 6 heteroatoms. The van der Waals surface area contributed by atoms with E-state index in [4.69, 9.17) is 0 Å². The lowest BCUT2D eigenvalue weighted by atomic mass is 9.92. The summed E-state index contributed by atoms with van der Waals surface area (Å²) < 4.78 is 28.0. The number of hydrogen-bond acceptors (Lipinski definition) is 3. The molecule has 0 bridgehead atoms. The van der Waals surface area contributed by atoms with Gasteiger partial charge in [0.2, 0.25) is 10.0 Å². The Morgan fingerprint density at radius 3 is 2.26 bits per heavy atom. The van der Waals surface area contributed by atoms with E-state index in [0.29, 0.717) is 15.4 Å². The summed E-state index contributed by atoms with van der Waals surface area (Å²) >= 11 is 3.29. The minimum Gasteiger partial charge on any atom is -0.317 e. The number of hydrogen-bond donors (Lipinski definition) is 2. The number of nitrogens with one attached hydrogen (secondary N) is 2. The molecule has 1 aromatic rings. The second-order valence-electron chi connectivity index (χ2n) is 4.89. The largest absolute Gasteiger partial charge is 0.317 e. The Labute approximate surface area is 123 Å². The molecule has 4 nitrogen and oxygen atoms in total. The lowest BCUT2D eigenvalue weighted by Crippen LogP contribution is -2.41. The van der Waals surface area contributed by atoms with Crippen LogP contribution in [-0.2, 0) is 10.0 Å². The third-order valence-corrected chi connectivity index (χ3v) is 6.12. The Kier molecular flexibility index (Phi) is 5.00. The maximum absolute atomic E-state index is 12.3. The van der Waals surface area contributed by atoms with E-state index in [1.54, 1.807) is 24.3 Å². The molecule has 0 saturated heterocycles. The van der Waals surface area contributed by atoms with Gasteiger partial charge in [-0.25, -0.2) is 13.1 Å². The quantitative estimate of drug-likeness (QED) is 0.878. The van der Waals surface area contributed by atoms with Crippen molar-refractivity contribution in [1.29, 1.82) is 0 Å². The number of benzene rings is 1. The van der Waals surface area contributed by atoms with Crippen molar-refractivity contribution in [3.05, 3.63) is 28.7 Å². The molecule has 1 saturated carbocycles. The molecule has 0 spiro atoms. The Hall–Kier alpha value is -0.430. The highest BCUT2D eigenvalue weighted by Gasteiger charge is 2.25. The molecule has 1 aliphatic carbocycles. The van der Waals surface area contributed by atoms with E-state index in [1.807, 2.05) is 7.05 Å². The van der Waals surface area contributed by atoms with E-state index in [-0.39, 0.29) is 6.04 Å². The summed E-state index contributed by atoms with van der Waals surface area (Å²) in [5, 5.41) is 3.24. The molecule has 106 valence electrons. The van der Waals surface area contributed by atoms with Crippen LogP contribution in [0, 0.1) is 0 Å². The van der Waals surface area contributed by atoms with Crippen molar-refractivity contribution in [2.45, 2.75) is 42.7 Å². The normalized spacial score (nSPS) is 24.3. The zero-order valence-corrected chi connectivity index (χ0v) is 13.3. The summed E-state index contributed by atoms with van der Waals surface area (Å²) in [5.74, 6) is 0. The molecule has 0 aliphatic heterocycles. The Morgan fingerprint density at radius 2 is 1.68 bits per heavy atom. The molecule has 0 amide bonds. The zero-order chi connectivity index (χ0) is 13.9. The SMILES string of the molecule is CNC1CCC(NS(=O)(=O)c2ccccc2Br)CC1. The Balaban J connectivity index is 2.05. The monoisotopic (exact) mass is 346 g/mol. The van der Waals surface area contributed by atoms with Gasteiger partial charge < -0.3 is 5.32 Å². The molecular formula is C13H19BrN2O2S. The van der Waals surface area contributed by atoms with Crippen LogP contribution in [0.1, 0.15) is 25.7 Å². The van der Waals surface area contributed by atoms with E-state index < -0.39 is 10.0 Å². The molecule has 1 aliphatic rings. The van der Waals surface area contributed by atoms with E-state index in [0.717, 1.165) is 25.7 Å². The Morgan fingerprint density at radius 1 is 1.11 bits per heavy atom. The molecule has 0 heterocycles. The zero-order valence-electron chi connectivity index (χ0n) is 10.9. The summed E-state index contributed by atoms with van der Waals surface area (Å²) in [5.41, 5.74) is 0. The van der Waals surface area contributed by atoms with Crippen molar-refractivity contribution in [2.24, 2.45) is 0 Å². The molecule has 2 N–H and O–H groups in total. The fourth-order valence-corrected chi connectivity index (χ4v) is 4.75. The first-order valence-corrected chi connectivity index (χ1v) is 8.74. The van der Waals surface area contributed by atoms with Gasteiger partial charge >= 0.3 is 0 Å². The minimum absolute atomic E-state index is 0.0432. The van der Waals surface area contributed by atoms with E-state index in [9.17, 15) is 8.42 Å². The molecule has 19 heavy (non-hydrogen) atoms. The summed E-state index contributed by atoms with van der Waals surface area (Å²) in [6, 6.07) is 7.46. The van der Waals surface area contributed by atoms with Gasteiger partial charge in [-0.3, -0.25) is 0 Å². The van der Waals surface area contributed by atoms with Crippen LogP contribution in [0.15, 0.2) is 33.6 Å². The molecule has 0 radical (unpaired) electrons. The molecule has 0 aromatic heterocycles. The van der Waals surface area contributed by atoms with Crippen molar-refractivity contribution in [2.75, 3.05) is 7.05 Å². The van der Waals surface area contributed by atoms with Crippen LogP contribution in [0.2, 0.25) is 0 Å². The molecule has 1 aromatic carbocycles. The second-order valence-corrected chi connectivity index (χ2v) is 7.43. The number of sulfonamides is 1. The van der Waals surface area contributed by atoms with Crippen LogP contribution in [0.4, 0.5) is 0 Å². The fourth-order valence-electron chi connectivity index (χ4n) is 2.45. The number of rotatable bonds is 4. The van der Waals surface area contributed by atoms with E-state index >= 15 is 0 Å². The summed E-state index contributed by atoms with van der Waals surface area (Å²) in [7, 11) is -1.48. The average molecular weight is 347 g/mol. The van der Waals surface area contributed by atoms with Crippen LogP contribution >= 0.6 is 15.9 Å². The van der Waals surface area contributed by atoms with Crippen molar-refractivity contribution in [1.82, 2.24) is 10.0 Å². The van der Waals surface area contributed by atoms with Gasteiger partial charge in [0.1, 0.15) is 0 Å². The highest BCUT2D eigenvalue weighted by Crippen LogP contribution is 2.24. The lowest BCUT2D eigenvalue weighted by Gasteiger charge is -2.28. The molecule has 0 unspecified atom stereocenters. The van der Waals surface area contributed by atoms with E-state index in [1.165, 1.54) is 0 Å². The van der Waals surface area contributed by atoms with Crippen LogP contribution < -0.4 is 10.0 Å². The minimum atomic E-state index is -3.43. The van der Waals surface area contributed by atoms with Crippen molar-refractivity contribution >= 4 is 26.0 Å². The lowest BCUT2D eigenvalue weighted by molar-refractivity contribution is 0.342. The van der Waals surface area contributed by atoms with Gasteiger partial charge in [-0.1, -0.05) is 12.1 Å². The predicted molar refractivity (Wildman–Crippen MR) is 79.6 cm³/mol. The standard InChI is InChI=1S/C13H19BrN2O2S/c1-15-10-6-8-11(9-7-10)16-19(17,18)13-5-3-2-4-12(13)14/h2-5,10-11,15-16H,6-9H2,1H3. The smallest absolute Gasteiger partial charge is 0.241 e. The third-order valence-electron chi connectivity index (χ3n) is 3.58. The van der Waals surface area contributed by atoms with Crippen LogP contribution in [0.25, 0.3) is 0 Å². The van der Waals surface area contributed by atoms with Crippen molar-refractivity contribution in [3.63, 3.8) is 0 Å². The van der Waals surface area contributed by atoms with Gasteiger partial charge in [0.25, 0.3) is 0 Å². The summed E-state index contributed by atoms with van der Waals surface area (Å²) in [6.07, 6.45) is 3.80. The van der Waals surface area contributed by atoms with Crippen molar-refractivity contribution < 1.29 is 8.42 Å². The Bertz CT molecular complexity index is 525. The number of halogens is 1. The van der Waals surface area contributed by atoms with Crippen LogP contribution in [0.5, 0.6) is 0 Å². The van der Waals surface area contributed by atoms with Gasteiger partial charge in [-0.15, -0.1) is 0 Å². The maximum atomic E-state index is 12.3.